The number of rotatable bonds is 2. The van der Waals surface area contributed by atoms with Crippen LogP contribution in [0.1, 0.15) is 36.2 Å². The SMILES string of the molecule is O=C(N[C@@H]1CCCC[C@H]1O)c1cnc(Cl)cn1. The van der Waals surface area contributed by atoms with Crippen LogP contribution in [0.5, 0.6) is 0 Å². The third kappa shape index (κ3) is 3.14. The maximum atomic E-state index is 11.8. The normalized spacial score (nSPS) is 24.4. The molecule has 2 rings (SSSR count). The molecule has 1 aliphatic rings. The Morgan fingerprint density at radius 3 is 2.76 bits per heavy atom. The van der Waals surface area contributed by atoms with Crippen LogP contribution in [-0.2, 0) is 0 Å². The van der Waals surface area contributed by atoms with E-state index in [0.717, 1.165) is 25.7 Å². The zero-order chi connectivity index (χ0) is 12.3. The van der Waals surface area contributed by atoms with Crippen LogP contribution in [0.25, 0.3) is 0 Å². The molecule has 17 heavy (non-hydrogen) atoms. The molecule has 6 heteroatoms. The van der Waals surface area contributed by atoms with E-state index < -0.39 is 6.10 Å². The molecule has 0 bridgehead atoms. The van der Waals surface area contributed by atoms with Crippen molar-refractivity contribution >= 4 is 17.5 Å². The molecule has 1 saturated carbocycles. The molecule has 0 aromatic carbocycles. The highest BCUT2D eigenvalue weighted by molar-refractivity contribution is 6.29. The number of carbonyl (C=O) groups excluding carboxylic acids is 1. The molecule has 0 unspecified atom stereocenters. The molecular formula is C11H14ClN3O2. The molecule has 2 N–H and O–H groups in total. The first-order valence-electron chi connectivity index (χ1n) is 5.63. The molecule has 92 valence electrons. The highest BCUT2D eigenvalue weighted by atomic mass is 35.5. The molecule has 0 aliphatic heterocycles. The van der Waals surface area contributed by atoms with Crippen molar-refractivity contribution in [2.75, 3.05) is 0 Å². The van der Waals surface area contributed by atoms with Gasteiger partial charge in [-0.15, -0.1) is 0 Å². The number of halogens is 1. The molecule has 0 saturated heterocycles. The van der Waals surface area contributed by atoms with Crippen molar-refractivity contribution < 1.29 is 9.90 Å². The molecule has 1 fully saturated rings. The van der Waals surface area contributed by atoms with E-state index in [1.807, 2.05) is 0 Å². The fourth-order valence-corrected chi connectivity index (χ4v) is 2.05. The van der Waals surface area contributed by atoms with Gasteiger partial charge in [-0.2, -0.15) is 0 Å². The van der Waals surface area contributed by atoms with Gasteiger partial charge >= 0.3 is 0 Å². The van der Waals surface area contributed by atoms with Crippen LogP contribution in [-0.4, -0.2) is 33.1 Å². The summed E-state index contributed by atoms with van der Waals surface area (Å²) >= 11 is 5.59. The number of aliphatic hydroxyl groups excluding tert-OH is 1. The predicted octanol–water partition coefficient (Wildman–Crippen LogP) is 1.16. The Morgan fingerprint density at radius 1 is 1.35 bits per heavy atom. The summed E-state index contributed by atoms with van der Waals surface area (Å²) in [6, 6.07) is -0.186. The Hall–Kier alpha value is -1.20. The van der Waals surface area contributed by atoms with E-state index in [4.69, 9.17) is 11.6 Å². The number of nitrogens with zero attached hydrogens (tertiary/aromatic N) is 2. The molecule has 2 atom stereocenters. The third-order valence-corrected chi connectivity index (χ3v) is 3.09. The fourth-order valence-electron chi connectivity index (χ4n) is 1.95. The number of hydrogen-bond donors (Lipinski definition) is 2. The number of carbonyl (C=O) groups is 1. The Bertz CT molecular complexity index is 396. The summed E-state index contributed by atoms with van der Waals surface area (Å²) in [5, 5.41) is 12.8. The minimum absolute atomic E-state index is 0.186. The van der Waals surface area contributed by atoms with Crippen LogP contribution in [0.4, 0.5) is 0 Å². The van der Waals surface area contributed by atoms with Gasteiger partial charge in [-0.25, -0.2) is 9.97 Å². The van der Waals surface area contributed by atoms with Crippen molar-refractivity contribution in [3.05, 3.63) is 23.2 Å². The highest BCUT2D eigenvalue weighted by Crippen LogP contribution is 2.18. The van der Waals surface area contributed by atoms with Crippen molar-refractivity contribution in [1.82, 2.24) is 15.3 Å². The van der Waals surface area contributed by atoms with Crippen LogP contribution in [0.15, 0.2) is 12.4 Å². The lowest BCUT2D eigenvalue weighted by Gasteiger charge is -2.28. The van der Waals surface area contributed by atoms with E-state index in [1.165, 1.54) is 12.4 Å². The van der Waals surface area contributed by atoms with Crippen molar-refractivity contribution in [2.24, 2.45) is 0 Å². The van der Waals surface area contributed by atoms with Gasteiger partial charge in [0.25, 0.3) is 5.91 Å². The predicted molar refractivity (Wildman–Crippen MR) is 62.8 cm³/mol. The second-order valence-corrected chi connectivity index (χ2v) is 4.54. The summed E-state index contributed by atoms with van der Waals surface area (Å²) < 4.78 is 0. The van der Waals surface area contributed by atoms with Crippen molar-refractivity contribution in [2.45, 2.75) is 37.8 Å². The number of nitrogens with one attached hydrogen (secondary N) is 1. The first-order chi connectivity index (χ1) is 8.16. The van der Waals surface area contributed by atoms with Gasteiger partial charge < -0.3 is 10.4 Å². The first-order valence-corrected chi connectivity index (χ1v) is 6.01. The summed E-state index contributed by atoms with van der Waals surface area (Å²) in [7, 11) is 0. The summed E-state index contributed by atoms with van der Waals surface area (Å²) in [6.07, 6.45) is 5.75. The lowest BCUT2D eigenvalue weighted by atomic mass is 9.92. The maximum Gasteiger partial charge on any atom is 0.271 e. The van der Waals surface area contributed by atoms with Crippen LogP contribution in [0.3, 0.4) is 0 Å². The van der Waals surface area contributed by atoms with Crippen LogP contribution >= 0.6 is 11.6 Å². The Kier molecular flexibility index (Phi) is 3.91. The van der Waals surface area contributed by atoms with Gasteiger partial charge in [-0.1, -0.05) is 24.4 Å². The summed E-state index contributed by atoms with van der Waals surface area (Å²) in [6.45, 7) is 0. The smallest absolute Gasteiger partial charge is 0.271 e. The monoisotopic (exact) mass is 255 g/mol. The van der Waals surface area contributed by atoms with Gasteiger partial charge in [-0.3, -0.25) is 4.79 Å². The molecule has 1 amide bonds. The molecule has 1 aromatic heterocycles. The third-order valence-electron chi connectivity index (χ3n) is 2.90. The molecular weight excluding hydrogens is 242 g/mol. The Balaban J connectivity index is 1.98. The Labute approximate surface area is 104 Å². The van der Waals surface area contributed by atoms with Gasteiger partial charge in [0.05, 0.1) is 24.5 Å². The van der Waals surface area contributed by atoms with Gasteiger partial charge in [0.2, 0.25) is 0 Å². The van der Waals surface area contributed by atoms with Crippen LogP contribution < -0.4 is 5.32 Å². The second kappa shape index (κ2) is 5.42. The van der Waals surface area contributed by atoms with Gasteiger partial charge in [0.1, 0.15) is 10.8 Å². The second-order valence-electron chi connectivity index (χ2n) is 4.16. The summed E-state index contributed by atoms with van der Waals surface area (Å²) in [4.78, 5) is 19.5. The van der Waals surface area contributed by atoms with Crippen molar-refractivity contribution in [3.63, 3.8) is 0 Å². The van der Waals surface area contributed by atoms with Crippen molar-refractivity contribution in [1.29, 1.82) is 0 Å². The number of hydrogen-bond acceptors (Lipinski definition) is 4. The maximum absolute atomic E-state index is 11.8. The molecule has 0 radical (unpaired) electrons. The van der Waals surface area contributed by atoms with Gasteiger partial charge in [0.15, 0.2) is 0 Å². The molecule has 5 nitrogen and oxygen atoms in total. The number of aliphatic hydroxyl groups is 1. The first kappa shape index (κ1) is 12.3. The molecule has 1 aromatic rings. The van der Waals surface area contributed by atoms with E-state index in [-0.39, 0.29) is 22.8 Å². The topological polar surface area (TPSA) is 75.1 Å². The standard InChI is InChI=1S/C11H14ClN3O2/c12-10-6-13-8(5-14-10)11(17)15-7-3-1-2-4-9(7)16/h5-7,9,16H,1-4H2,(H,15,17)/t7-,9-/m1/s1. The van der Waals surface area contributed by atoms with E-state index in [9.17, 15) is 9.90 Å². The molecule has 0 spiro atoms. The number of aromatic nitrogens is 2. The lowest BCUT2D eigenvalue weighted by molar-refractivity contribution is 0.0713. The van der Waals surface area contributed by atoms with E-state index in [0.29, 0.717) is 0 Å². The quantitative estimate of drug-likeness (QED) is 0.832. The zero-order valence-electron chi connectivity index (χ0n) is 9.27. The number of amides is 1. The lowest BCUT2D eigenvalue weighted by Crippen LogP contribution is -2.45. The highest BCUT2D eigenvalue weighted by Gasteiger charge is 2.25. The van der Waals surface area contributed by atoms with E-state index >= 15 is 0 Å². The minimum atomic E-state index is -0.465. The van der Waals surface area contributed by atoms with Gasteiger partial charge in [-0.05, 0) is 12.8 Å². The average Bonchev–Trinajstić information content (AvgIpc) is 2.33. The van der Waals surface area contributed by atoms with E-state index in [2.05, 4.69) is 15.3 Å². The van der Waals surface area contributed by atoms with Gasteiger partial charge in [0, 0.05) is 0 Å². The zero-order valence-corrected chi connectivity index (χ0v) is 10.0. The Morgan fingerprint density at radius 2 is 2.12 bits per heavy atom. The van der Waals surface area contributed by atoms with Crippen molar-refractivity contribution in [3.8, 4) is 0 Å². The molecule has 1 aliphatic carbocycles. The van der Waals surface area contributed by atoms with Crippen LogP contribution in [0.2, 0.25) is 5.15 Å². The molecule has 1 heterocycles. The minimum Gasteiger partial charge on any atom is -0.391 e. The van der Waals surface area contributed by atoms with E-state index in [1.54, 1.807) is 0 Å². The average molecular weight is 256 g/mol. The fraction of sp³-hybridized carbons (Fsp3) is 0.545. The summed E-state index contributed by atoms with van der Waals surface area (Å²) in [5.41, 5.74) is 0.215. The summed E-state index contributed by atoms with van der Waals surface area (Å²) in [5.74, 6) is -0.319. The van der Waals surface area contributed by atoms with Crippen LogP contribution in [0, 0.1) is 0 Å². The largest absolute Gasteiger partial charge is 0.391 e.